The summed E-state index contributed by atoms with van der Waals surface area (Å²) < 4.78 is 0. The number of thioether (sulfide) groups is 1. The molecule has 1 unspecified atom stereocenters. The van der Waals surface area contributed by atoms with E-state index in [0.717, 1.165) is 22.9 Å². The summed E-state index contributed by atoms with van der Waals surface area (Å²) in [6.45, 7) is 6.08. The van der Waals surface area contributed by atoms with Crippen LogP contribution in [0.25, 0.3) is 0 Å². The Morgan fingerprint density at radius 1 is 1.69 bits per heavy atom. The Hall–Kier alpha value is -0.550. The van der Waals surface area contributed by atoms with Crippen LogP contribution in [-0.4, -0.2) is 22.7 Å². The minimum atomic E-state index is 0.117. The van der Waals surface area contributed by atoms with E-state index in [-0.39, 0.29) is 11.9 Å². The number of thiazole rings is 1. The Kier molecular flexibility index (Phi) is 5.84. The first-order chi connectivity index (χ1) is 7.61. The van der Waals surface area contributed by atoms with Crippen LogP contribution in [-0.2, 0) is 10.5 Å². The predicted molar refractivity (Wildman–Crippen MR) is 70.9 cm³/mol. The van der Waals surface area contributed by atoms with Crippen LogP contribution in [0.3, 0.4) is 0 Å². The predicted octanol–water partition coefficient (Wildman–Crippen LogP) is 2.60. The normalized spacial score (nSPS) is 12.4. The van der Waals surface area contributed by atoms with E-state index in [1.807, 2.05) is 13.8 Å². The average molecular weight is 258 g/mol. The van der Waals surface area contributed by atoms with Crippen LogP contribution in [0.5, 0.6) is 0 Å². The number of rotatable bonds is 6. The number of aryl methyl sites for hydroxylation is 1. The van der Waals surface area contributed by atoms with E-state index < -0.39 is 0 Å². The van der Waals surface area contributed by atoms with Gasteiger partial charge in [-0.15, -0.1) is 23.1 Å². The van der Waals surface area contributed by atoms with Gasteiger partial charge in [-0.25, -0.2) is 4.98 Å². The van der Waals surface area contributed by atoms with Gasteiger partial charge in [0.1, 0.15) is 0 Å². The van der Waals surface area contributed by atoms with E-state index >= 15 is 0 Å². The highest BCUT2D eigenvalue weighted by Crippen LogP contribution is 2.14. The molecule has 0 bridgehead atoms. The fourth-order valence-electron chi connectivity index (χ4n) is 1.14. The summed E-state index contributed by atoms with van der Waals surface area (Å²) in [6.07, 6.45) is 0.974. The van der Waals surface area contributed by atoms with Gasteiger partial charge in [0, 0.05) is 17.2 Å². The quantitative estimate of drug-likeness (QED) is 0.853. The second kappa shape index (κ2) is 6.91. The molecule has 0 radical (unpaired) electrons. The van der Waals surface area contributed by atoms with E-state index in [0.29, 0.717) is 5.75 Å². The van der Waals surface area contributed by atoms with Gasteiger partial charge in [-0.05, 0) is 20.3 Å². The van der Waals surface area contributed by atoms with Crippen LogP contribution in [0, 0.1) is 6.92 Å². The van der Waals surface area contributed by atoms with Crippen molar-refractivity contribution in [2.75, 3.05) is 5.75 Å². The lowest BCUT2D eigenvalue weighted by Crippen LogP contribution is -2.33. The molecule has 0 aliphatic rings. The smallest absolute Gasteiger partial charge is 0.230 e. The summed E-state index contributed by atoms with van der Waals surface area (Å²) in [7, 11) is 0. The Bertz CT molecular complexity index is 338. The maximum absolute atomic E-state index is 11.5. The van der Waals surface area contributed by atoms with Crippen LogP contribution in [0.2, 0.25) is 0 Å². The van der Waals surface area contributed by atoms with Crippen molar-refractivity contribution in [2.45, 2.75) is 39.0 Å². The number of amides is 1. The van der Waals surface area contributed by atoms with Crippen LogP contribution < -0.4 is 5.32 Å². The Morgan fingerprint density at radius 2 is 2.44 bits per heavy atom. The first-order valence-corrected chi connectivity index (χ1v) is 7.43. The van der Waals surface area contributed by atoms with Crippen LogP contribution in [0.15, 0.2) is 5.38 Å². The van der Waals surface area contributed by atoms with Crippen LogP contribution in [0.1, 0.15) is 31.0 Å². The molecule has 1 aromatic heterocycles. The molecule has 0 aromatic carbocycles. The van der Waals surface area contributed by atoms with E-state index in [9.17, 15) is 4.79 Å². The number of hydrogen-bond acceptors (Lipinski definition) is 4. The summed E-state index contributed by atoms with van der Waals surface area (Å²) in [5, 5.41) is 6.08. The van der Waals surface area contributed by atoms with E-state index in [1.54, 1.807) is 23.1 Å². The molecule has 0 aliphatic heterocycles. The van der Waals surface area contributed by atoms with Crippen molar-refractivity contribution >= 4 is 29.0 Å². The highest BCUT2D eigenvalue weighted by molar-refractivity contribution is 7.99. The molecule has 1 N–H and O–H groups in total. The van der Waals surface area contributed by atoms with Crippen molar-refractivity contribution in [2.24, 2.45) is 0 Å². The van der Waals surface area contributed by atoms with Gasteiger partial charge in [-0.3, -0.25) is 4.79 Å². The topological polar surface area (TPSA) is 42.0 Å². The number of carbonyl (C=O) groups excluding carboxylic acids is 1. The fraction of sp³-hybridized carbons (Fsp3) is 0.636. The monoisotopic (exact) mass is 258 g/mol. The molecule has 0 spiro atoms. The highest BCUT2D eigenvalue weighted by atomic mass is 32.2. The Balaban J connectivity index is 2.18. The van der Waals surface area contributed by atoms with Gasteiger partial charge >= 0.3 is 0 Å². The average Bonchev–Trinajstić information content (AvgIpc) is 2.64. The zero-order chi connectivity index (χ0) is 12.0. The molecule has 1 atom stereocenters. The summed E-state index contributed by atoms with van der Waals surface area (Å²) in [5.74, 6) is 1.45. The maximum Gasteiger partial charge on any atom is 0.230 e. The van der Waals surface area contributed by atoms with Gasteiger partial charge in [0.05, 0.1) is 16.5 Å². The molecule has 0 saturated heterocycles. The minimum absolute atomic E-state index is 0.117. The van der Waals surface area contributed by atoms with Gasteiger partial charge < -0.3 is 5.32 Å². The summed E-state index contributed by atoms with van der Waals surface area (Å²) in [5.41, 5.74) is 1.07. The van der Waals surface area contributed by atoms with Crippen molar-refractivity contribution < 1.29 is 4.79 Å². The second-order valence-corrected chi connectivity index (χ2v) is 5.78. The fourth-order valence-corrected chi connectivity index (χ4v) is 2.59. The molecule has 3 nitrogen and oxygen atoms in total. The summed E-state index contributed by atoms with van der Waals surface area (Å²) in [4.78, 5) is 15.8. The lowest BCUT2D eigenvalue weighted by atomic mass is 10.3. The lowest BCUT2D eigenvalue weighted by molar-refractivity contribution is -0.119. The standard InChI is InChI=1S/C11H18N2OS2/c1-4-8(2)12-11(14)7-15-5-10-6-16-9(3)13-10/h6,8H,4-5,7H2,1-3H3,(H,12,14). The number of nitrogens with zero attached hydrogens (tertiary/aromatic N) is 1. The molecule has 90 valence electrons. The second-order valence-electron chi connectivity index (χ2n) is 3.73. The molecule has 1 amide bonds. The van der Waals surface area contributed by atoms with E-state index in [1.165, 1.54) is 0 Å². The van der Waals surface area contributed by atoms with Gasteiger partial charge in [-0.1, -0.05) is 6.92 Å². The maximum atomic E-state index is 11.5. The van der Waals surface area contributed by atoms with Gasteiger partial charge in [0.2, 0.25) is 5.91 Å². The first-order valence-electron chi connectivity index (χ1n) is 5.40. The van der Waals surface area contributed by atoms with Crippen LogP contribution in [0.4, 0.5) is 0 Å². The van der Waals surface area contributed by atoms with Crippen molar-refractivity contribution in [3.8, 4) is 0 Å². The third kappa shape index (κ3) is 4.99. The highest BCUT2D eigenvalue weighted by Gasteiger charge is 2.06. The van der Waals surface area contributed by atoms with Crippen molar-refractivity contribution in [3.05, 3.63) is 16.1 Å². The molecular weight excluding hydrogens is 240 g/mol. The number of carbonyl (C=O) groups is 1. The molecule has 5 heteroatoms. The van der Waals surface area contributed by atoms with Crippen LogP contribution >= 0.6 is 23.1 Å². The van der Waals surface area contributed by atoms with Gasteiger partial charge in [0.15, 0.2) is 0 Å². The molecular formula is C11H18N2OS2. The molecule has 0 fully saturated rings. The van der Waals surface area contributed by atoms with E-state index in [2.05, 4.69) is 22.6 Å². The third-order valence-corrected chi connectivity index (χ3v) is 3.96. The van der Waals surface area contributed by atoms with Crippen molar-refractivity contribution in [1.82, 2.24) is 10.3 Å². The summed E-state index contributed by atoms with van der Waals surface area (Å²) >= 11 is 3.26. The first kappa shape index (κ1) is 13.5. The van der Waals surface area contributed by atoms with Gasteiger partial charge in [0.25, 0.3) is 0 Å². The number of aromatic nitrogens is 1. The Labute approximate surface area is 105 Å². The lowest BCUT2D eigenvalue weighted by Gasteiger charge is -2.10. The largest absolute Gasteiger partial charge is 0.353 e. The van der Waals surface area contributed by atoms with Crippen molar-refractivity contribution in [3.63, 3.8) is 0 Å². The molecule has 0 saturated carbocycles. The summed E-state index contributed by atoms with van der Waals surface area (Å²) in [6, 6.07) is 0.273. The minimum Gasteiger partial charge on any atom is -0.353 e. The molecule has 1 aromatic rings. The SMILES string of the molecule is CCC(C)NC(=O)CSCc1csc(C)n1. The molecule has 1 heterocycles. The molecule has 16 heavy (non-hydrogen) atoms. The third-order valence-electron chi connectivity index (χ3n) is 2.17. The van der Waals surface area contributed by atoms with E-state index in [4.69, 9.17) is 0 Å². The number of nitrogens with one attached hydrogen (secondary N) is 1. The Morgan fingerprint density at radius 3 is 3.00 bits per heavy atom. The zero-order valence-electron chi connectivity index (χ0n) is 9.95. The van der Waals surface area contributed by atoms with Gasteiger partial charge in [-0.2, -0.15) is 0 Å². The van der Waals surface area contributed by atoms with Crippen molar-refractivity contribution in [1.29, 1.82) is 0 Å². The zero-order valence-corrected chi connectivity index (χ0v) is 11.6. The number of hydrogen-bond donors (Lipinski definition) is 1. The molecule has 0 aliphatic carbocycles. The molecule has 1 rings (SSSR count).